The van der Waals surface area contributed by atoms with Crippen LogP contribution in [0.2, 0.25) is 5.02 Å². The first-order chi connectivity index (χ1) is 12.3. The maximum Gasteiger partial charge on any atom is 0.414 e. The quantitative estimate of drug-likeness (QED) is 0.594. The molecule has 1 amide bonds. The lowest BCUT2D eigenvalue weighted by Crippen LogP contribution is -2.30. The van der Waals surface area contributed by atoms with Crippen molar-refractivity contribution in [2.75, 3.05) is 11.9 Å². The zero-order valence-electron chi connectivity index (χ0n) is 14.0. The number of carboxylic acid groups (broad SMARTS) is 2. The van der Waals surface area contributed by atoms with Crippen LogP contribution >= 0.6 is 11.6 Å². The molecule has 0 aliphatic heterocycles. The van der Waals surface area contributed by atoms with Gasteiger partial charge in [-0.3, -0.25) is 4.79 Å². The average molecular weight is 379 g/mol. The highest BCUT2D eigenvalue weighted by Crippen LogP contribution is 2.15. The van der Waals surface area contributed by atoms with Crippen LogP contribution in [-0.2, 0) is 14.4 Å². The Balaban J connectivity index is 0.000000487. The minimum absolute atomic E-state index is 0.0879. The smallest absolute Gasteiger partial charge is 0.414 e. The lowest BCUT2D eigenvalue weighted by atomic mass is 10.1. The monoisotopic (exact) mass is 378 g/mol. The minimum Gasteiger partial charge on any atom is -0.473 e. The van der Waals surface area contributed by atoms with E-state index in [-0.39, 0.29) is 18.5 Å². The van der Waals surface area contributed by atoms with Gasteiger partial charge >= 0.3 is 11.9 Å². The molecule has 0 saturated carbocycles. The third kappa shape index (κ3) is 8.27. The molecular weight excluding hydrogens is 360 g/mol. The summed E-state index contributed by atoms with van der Waals surface area (Å²) in [4.78, 5) is 30.0. The highest BCUT2D eigenvalue weighted by atomic mass is 35.5. The van der Waals surface area contributed by atoms with E-state index in [0.717, 1.165) is 5.56 Å². The van der Waals surface area contributed by atoms with E-state index in [9.17, 15) is 4.79 Å². The number of benzene rings is 2. The first-order valence-corrected chi connectivity index (χ1v) is 7.97. The summed E-state index contributed by atoms with van der Waals surface area (Å²) in [5.74, 6) is -3.74. The molecule has 1 unspecified atom stereocenters. The maximum atomic E-state index is 11.8. The Kier molecular flexibility index (Phi) is 8.83. The van der Waals surface area contributed by atoms with Crippen molar-refractivity contribution in [2.24, 2.45) is 0 Å². The molecule has 138 valence electrons. The Hall–Kier alpha value is -2.90. The fourth-order valence-electron chi connectivity index (χ4n) is 1.88. The molecule has 2 rings (SSSR count). The van der Waals surface area contributed by atoms with Crippen LogP contribution in [-0.4, -0.2) is 34.6 Å². The number of rotatable bonds is 5. The first kappa shape index (κ1) is 21.1. The van der Waals surface area contributed by atoms with E-state index in [1.54, 1.807) is 18.2 Å². The van der Waals surface area contributed by atoms with Gasteiger partial charge < -0.3 is 20.8 Å². The van der Waals surface area contributed by atoms with Crippen LogP contribution in [0.4, 0.5) is 5.69 Å². The fourth-order valence-corrected chi connectivity index (χ4v) is 2.07. The second-order valence-electron chi connectivity index (χ2n) is 5.18. The lowest BCUT2D eigenvalue weighted by molar-refractivity contribution is -0.159. The molecule has 4 N–H and O–H groups in total. The van der Waals surface area contributed by atoms with Gasteiger partial charge in [0.15, 0.2) is 0 Å². The third-order valence-electron chi connectivity index (χ3n) is 3.16. The number of hydrogen-bond donors (Lipinski definition) is 4. The zero-order valence-corrected chi connectivity index (χ0v) is 14.7. The van der Waals surface area contributed by atoms with Gasteiger partial charge in [-0.25, -0.2) is 9.59 Å². The summed E-state index contributed by atoms with van der Waals surface area (Å²) < 4.78 is 0. The summed E-state index contributed by atoms with van der Waals surface area (Å²) in [6.07, 6.45) is 0. The number of nitrogens with one attached hydrogen (secondary N) is 2. The van der Waals surface area contributed by atoms with Crippen molar-refractivity contribution in [2.45, 2.75) is 13.0 Å². The molecule has 26 heavy (non-hydrogen) atoms. The van der Waals surface area contributed by atoms with Gasteiger partial charge in [-0.15, -0.1) is 0 Å². The minimum atomic E-state index is -1.82. The molecule has 2 aromatic carbocycles. The van der Waals surface area contributed by atoms with Gasteiger partial charge in [-0.05, 0) is 30.7 Å². The van der Waals surface area contributed by atoms with Crippen molar-refractivity contribution in [3.8, 4) is 0 Å². The van der Waals surface area contributed by atoms with Crippen LogP contribution in [0.25, 0.3) is 0 Å². The summed E-state index contributed by atoms with van der Waals surface area (Å²) >= 11 is 5.87. The molecule has 0 fully saturated rings. The van der Waals surface area contributed by atoms with E-state index in [1.165, 1.54) is 0 Å². The van der Waals surface area contributed by atoms with Gasteiger partial charge in [0.05, 0.1) is 6.54 Å². The van der Waals surface area contributed by atoms with Crippen molar-refractivity contribution in [1.82, 2.24) is 5.32 Å². The first-order valence-electron chi connectivity index (χ1n) is 7.59. The average Bonchev–Trinajstić information content (AvgIpc) is 2.61. The summed E-state index contributed by atoms with van der Waals surface area (Å²) in [5.41, 5.74) is 1.86. The zero-order chi connectivity index (χ0) is 19.5. The number of hydrogen-bond acceptors (Lipinski definition) is 4. The highest BCUT2D eigenvalue weighted by Gasteiger charge is 2.07. The molecule has 0 aliphatic rings. The van der Waals surface area contributed by atoms with Gasteiger partial charge in [0, 0.05) is 16.8 Å². The van der Waals surface area contributed by atoms with E-state index in [0.29, 0.717) is 10.7 Å². The van der Waals surface area contributed by atoms with Crippen molar-refractivity contribution < 1.29 is 24.6 Å². The Morgan fingerprint density at radius 2 is 1.62 bits per heavy atom. The standard InChI is InChI=1S/C16H17ClN2O.C2H2O4/c1-12(13-6-3-2-4-7-13)18-11-16(20)19-15-9-5-8-14(17)10-15;3-1(4)2(5)6/h2-10,12,18H,11H2,1H3,(H,19,20);(H,3,4)(H,5,6). The molecule has 2 aromatic rings. The normalized spacial score (nSPS) is 10.8. The Morgan fingerprint density at radius 1 is 1.00 bits per heavy atom. The number of carboxylic acids is 2. The van der Waals surface area contributed by atoms with Crippen molar-refractivity contribution in [1.29, 1.82) is 0 Å². The molecule has 7 nitrogen and oxygen atoms in total. The predicted octanol–water partition coefficient (Wildman–Crippen LogP) is 2.78. The van der Waals surface area contributed by atoms with Crippen LogP contribution in [0, 0.1) is 0 Å². The van der Waals surface area contributed by atoms with Gasteiger partial charge in [0.25, 0.3) is 0 Å². The van der Waals surface area contributed by atoms with Gasteiger partial charge in [0.2, 0.25) is 5.91 Å². The molecular formula is C18H19ClN2O5. The second kappa shape index (κ2) is 10.9. The molecule has 0 heterocycles. The number of amides is 1. The Morgan fingerprint density at radius 3 is 2.15 bits per heavy atom. The second-order valence-corrected chi connectivity index (χ2v) is 5.62. The Labute approximate surface area is 155 Å². The van der Waals surface area contributed by atoms with E-state index in [1.807, 2.05) is 43.3 Å². The number of carbonyl (C=O) groups excluding carboxylic acids is 1. The van der Waals surface area contributed by atoms with Crippen LogP contribution in [0.5, 0.6) is 0 Å². The lowest BCUT2D eigenvalue weighted by Gasteiger charge is -2.14. The molecule has 0 aliphatic carbocycles. The molecule has 0 saturated heterocycles. The highest BCUT2D eigenvalue weighted by molar-refractivity contribution is 6.30. The van der Waals surface area contributed by atoms with Gasteiger partial charge in [0.1, 0.15) is 0 Å². The topological polar surface area (TPSA) is 116 Å². The Bertz CT molecular complexity index is 740. The largest absolute Gasteiger partial charge is 0.473 e. The van der Waals surface area contributed by atoms with Crippen molar-refractivity contribution >= 4 is 35.1 Å². The van der Waals surface area contributed by atoms with Crippen molar-refractivity contribution in [3.63, 3.8) is 0 Å². The SMILES string of the molecule is CC(NCC(=O)Nc1cccc(Cl)c1)c1ccccc1.O=C(O)C(=O)O. The molecule has 1 atom stereocenters. The molecule has 0 bridgehead atoms. The number of anilines is 1. The van der Waals surface area contributed by atoms with Gasteiger partial charge in [-0.2, -0.15) is 0 Å². The molecule has 0 radical (unpaired) electrons. The van der Waals surface area contributed by atoms with Gasteiger partial charge in [-0.1, -0.05) is 48.0 Å². The van der Waals surface area contributed by atoms with E-state index >= 15 is 0 Å². The van der Waals surface area contributed by atoms with Crippen LogP contribution < -0.4 is 10.6 Å². The molecule has 8 heteroatoms. The van der Waals surface area contributed by atoms with Crippen LogP contribution in [0.3, 0.4) is 0 Å². The van der Waals surface area contributed by atoms with E-state index < -0.39 is 11.9 Å². The number of carbonyl (C=O) groups is 3. The molecule has 0 aromatic heterocycles. The fraction of sp³-hybridized carbons (Fsp3) is 0.167. The van der Waals surface area contributed by atoms with E-state index in [2.05, 4.69) is 10.6 Å². The van der Waals surface area contributed by atoms with E-state index in [4.69, 9.17) is 31.4 Å². The number of aliphatic carboxylic acids is 2. The maximum absolute atomic E-state index is 11.8. The number of halogens is 1. The summed E-state index contributed by atoms with van der Waals surface area (Å²) in [5, 5.41) is 21.4. The summed E-state index contributed by atoms with van der Waals surface area (Å²) in [7, 11) is 0. The van der Waals surface area contributed by atoms with Crippen LogP contribution in [0.1, 0.15) is 18.5 Å². The summed E-state index contributed by atoms with van der Waals surface area (Å²) in [6.45, 7) is 2.28. The summed E-state index contributed by atoms with van der Waals surface area (Å²) in [6, 6.07) is 17.2. The molecule has 0 spiro atoms. The third-order valence-corrected chi connectivity index (χ3v) is 3.39. The van der Waals surface area contributed by atoms with Crippen LogP contribution in [0.15, 0.2) is 54.6 Å². The predicted molar refractivity (Wildman–Crippen MR) is 98.2 cm³/mol. The van der Waals surface area contributed by atoms with Crippen molar-refractivity contribution in [3.05, 3.63) is 65.2 Å².